The number of anilines is 1. The number of hydrogen-bond acceptors (Lipinski definition) is 4. The summed E-state index contributed by atoms with van der Waals surface area (Å²) in [6.45, 7) is 4.94. The van der Waals surface area contributed by atoms with Crippen molar-refractivity contribution in [3.8, 4) is 17.1 Å². The van der Waals surface area contributed by atoms with Gasteiger partial charge < -0.3 is 9.64 Å². The third-order valence-corrected chi connectivity index (χ3v) is 3.27. The Kier molecular flexibility index (Phi) is 4.83. The molecule has 0 fully saturated rings. The molecule has 0 unspecified atom stereocenters. The molecule has 0 radical (unpaired) electrons. The third-order valence-electron chi connectivity index (χ3n) is 3.27. The summed E-state index contributed by atoms with van der Waals surface area (Å²) in [5.41, 5.74) is 2.13. The lowest BCUT2D eigenvalue weighted by molar-refractivity contribution is 0.310. The fraction of sp³-hybridized carbons (Fsp3) is 0.500. The van der Waals surface area contributed by atoms with Gasteiger partial charge in [-0.3, -0.25) is 0 Å². The maximum atomic E-state index is 5.89. The van der Waals surface area contributed by atoms with Crippen LogP contribution in [0.15, 0.2) is 18.2 Å². The van der Waals surface area contributed by atoms with Crippen LogP contribution < -0.4 is 9.64 Å². The monoisotopic (exact) mass is 288 g/mol. The van der Waals surface area contributed by atoms with Gasteiger partial charge in [-0.15, -0.1) is 5.10 Å². The Morgan fingerprint density at radius 2 is 2.05 bits per heavy atom. The molecule has 0 N–H and O–H groups in total. The second-order valence-corrected chi connectivity index (χ2v) is 5.46. The molecule has 0 bridgehead atoms. The van der Waals surface area contributed by atoms with Gasteiger partial charge in [0.05, 0.1) is 12.2 Å². The molecule has 0 aliphatic carbocycles. The SMILES string of the molecule is CCCCOc1ccc(C)cc1-c1nc(N(C)C)n(C)n1. The number of nitrogens with zero attached hydrogens (tertiary/aromatic N) is 4. The largest absolute Gasteiger partial charge is 0.493 e. The lowest BCUT2D eigenvalue weighted by atomic mass is 10.1. The summed E-state index contributed by atoms with van der Waals surface area (Å²) < 4.78 is 7.68. The third kappa shape index (κ3) is 3.54. The molecule has 0 atom stereocenters. The molecular weight excluding hydrogens is 264 g/mol. The maximum absolute atomic E-state index is 5.89. The first-order valence-corrected chi connectivity index (χ1v) is 7.35. The van der Waals surface area contributed by atoms with Gasteiger partial charge in [0.1, 0.15) is 5.75 Å². The number of unbranched alkanes of at least 4 members (excludes halogenated alkanes) is 1. The van der Waals surface area contributed by atoms with E-state index < -0.39 is 0 Å². The minimum atomic E-state index is 0.705. The van der Waals surface area contributed by atoms with Crippen molar-refractivity contribution in [2.24, 2.45) is 7.05 Å². The summed E-state index contributed by atoms with van der Waals surface area (Å²) in [6, 6.07) is 6.14. The predicted molar refractivity (Wildman–Crippen MR) is 85.9 cm³/mol. The molecule has 2 aromatic rings. The van der Waals surface area contributed by atoms with E-state index in [0.29, 0.717) is 5.82 Å². The van der Waals surface area contributed by atoms with Gasteiger partial charge in [0.15, 0.2) is 5.82 Å². The number of hydrogen-bond donors (Lipinski definition) is 0. The fourth-order valence-corrected chi connectivity index (χ4v) is 2.15. The van der Waals surface area contributed by atoms with E-state index in [1.807, 2.05) is 32.1 Å². The highest BCUT2D eigenvalue weighted by molar-refractivity contribution is 5.66. The van der Waals surface area contributed by atoms with Crippen LogP contribution in [-0.4, -0.2) is 35.5 Å². The van der Waals surface area contributed by atoms with Crippen LogP contribution in [0.25, 0.3) is 11.4 Å². The molecule has 1 aromatic heterocycles. The average molecular weight is 288 g/mol. The quantitative estimate of drug-likeness (QED) is 0.766. The number of benzene rings is 1. The Morgan fingerprint density at radius 3 is 2.67 bits per heavy atom. The van der Waals surface area contributed by atoms with Gasteiger partial charge >= 0.3 is 0 Å². The maximum Gasteiger partial charge on any atom is 0.223 e. The van der Waals surface area contributed by atoms with Crippen molar-refractivity contribution >= 4 is 5.95 Å². The Hall–Kier alpha value is -2.04. The highest BCUT2D eigenvalue weighted by Crippen LogP contribution is 2.30. The van der Waals surface area contributed by atoms with Crippen molar-refractivity contribution in [2.45, 2.75) is 26.7 Å². The highest BCUT2D eigenvalue weighted by atomic mass is 16.5. The Morgan fingerprint density at radius 1 is 1.29 bits per heavy atom. The van der Waals surface area contributed by atoms with E-state index >= 15 is 0 Å². The molecule has 5 nitrogen and oxygen atoms in total. The van der Waals surface area contributed by atoms with E-state index in [9.17, 15) is 0 Å². The first kappa shape index (κ1) is 15.4. The molecule has 2 rings (SSSR count). The van der Waals surface area contributed by atoms with Crippen LogP contribution in [0.4, 0.5) is 5.95 Å². The summed E-state index contributed by atoms with van der Waals surface area (Å²) >= 11 is 0. The van der Waals surface area contributed by atoms with Crippen molar-refractivity contribution < 1.29 is 4.74 Å². The Bertz CT molecular complexity index is 604. The predicted octanol–water partition coefficient (Wildman–Crippen LogP) is 3.04. The van der Waals surface area contributed by atoms with Gasteiger partial charge in [-0.25, -0.2) is 4.68 Å². The lowest BCUT2D eigenvalue weighted by Crippen LogP contribution is -2.14. The summed E-state index contributed by atoms with van der Waals surface area (Å²) in [6.07, 6.45) is 2.17. The van der Waals surface area contributed by atoms with Crippen molar-refractivity contribution in [2.75, 3.05) is 25.6 Å². The number of aromatic nitrogens is 3. The standard InChI is InChI=1S/C16H24N4O/c1-6-7-10-21-14-9-8-12(2)11-13(14)15-17-16(19(3)4)20(5)18-15/h8-9,11H,6-7,10H2,1-5H3. The van der Waals surface area contributed by atoms with Gasteiger partial charge in [-0.2, -0.15) is 4.98 Å². The van der Waals surface area contributed by atoms with Gasteiger partial charge in [-0.1, -0.05) is 25.0 Å². The average Bonchev–Trinajstić information content (AvgIpc) is 2.83. The first-order chi connectivity index (χ1) is 10.0. The van der Waals surface area contributed by atoms with Gasteiger partial charge in [0, 0.05) is 21.1 Å². The van der Waals surface area contributed by atoms with Crippen LogP contribution in [0.5, 0.6) is 5.75 Å². The van der Waals surface area contributed by atoms with Crippen LogP contribution in [0.3, 0.4) is 0 Å². The van der Waals surface area contributed by atoms with Crippen LogP contribution in [-0.2, 0) is 7.05 Å². The first-order valence-electron chi connectivity index (χ1n) is 7.35. The molecule has 0 aliphatic rings. The second kappa shape index (κ2) is 6.61. The van der Waals surface area contributed by atoms with Crippen LogP contribution in [0.1, 0.15) is 25.3 Å². The minimum absolute atomic E-state index is 0.705. The molecule has 0 saturated carbocycles. The van der Waals surface area contributed by atoms with Crippen molar-refractivity contribution in [3.05, 3.63) is 23.8 Å². The van der Waals surface area contributed by atoms with Crippen molar-refractivity contribution in [3.63, 3.8) is 0 Å². The fourth-order valence-electron chi connectivity index (χ4n) is 2.15. The normalized spacial score (nSPS) is 10.7. The molecule has 21 heavy (non-hydrogen) atoms. The zero-order chi connectivity index (χ0) is 15.4. The molecular formula is C16H24N4O. The Balaban J connectivity index is 2.37. The van der Waals surface area contributed by atoms with Gasteiger partial charge in [-0.05, 0) is 25.5 Å². The second-order valence-electron chi connectivity index (χ2n) is 5.46. The van der Waals surface area contributed by atoms with E-state index in [1.54, 1.807) is 4.68 Å². The van der Waals surface area contributed by atoms with Crippen LogP contribution in [0.2, 0.25) is 0 Å². The zero-order valence-corrected chi connectivity index (χ0v) is 13.6. The van der Waals surface area contributed by atoms with Crippen LogP contribution in [0, 0.1) is 6.92 Å². The van der Waals surface area contributed by atoms with E-state index in [1.165, 1.54) is 5.56 Å². The van der Waals surface area contributed by atoms with E-state index in [2.05, 4.69) is 36.1 Å². The van der Waals surface area contributed by atoms with Gasteiger partial charge in [0.25, 0.3) is 0 Å². The van der Waals surface area contributed by atoms with Crippen LogP contribution >= 0.6 is 0 Å². The summed E-state index contributed by atoms with van der Waals surface area (Å²) in [5, 5.41) is 4.52. The summed E-state index contributed by atoms with van der Waals surface area (Å²) in [5.74, 6) is 2.38. The Labute approximate surface area is 126 Å². The molecule has 1 heterocycles. The van der Waals surface area contributed by atoms with Crippen molar-refractivity contribution in [1.29, 1.82) is 0 Å². The molecule has 0 saturated heterocycles. The summed E-state index contributed by atoms with van der Waals surface area (Å²) in [4.78, 5) is 6.56. The van der Waals surface area contributed by atoms with Crippen molar-refractivity contribution in [1.82, 2.24) is 14.8 Å². The minimum Gasteiger partial charge on any atom is -0.493 e. The van der Waals surface area contributed by atoms with E-state index in [0.717, 1.165) is 36.7 Å². The number of rotatable bonds is 6. The molecule has 0 spiro atoms. The topological polar surface area (TPSA) is 43.2 Å². The number of aryl methyl sites for hydroxylation is 2. The molecule has 114 valence electrons. The van der Waals surface area contributed by atoms with E-state index in [4.69, 9.17) is 4.74 Å². The van der Waals surface area contributed by atoms with E-state index in [-0.39, 0.29) is 0 Å². The smallest absolute Gasteiger partial charge is 0.223 e. The molecule has 0 amide bonds. The molecule has 0 aliphatic heterocycles. The molecule has 5 heteroatoms. The zero-order valence-electron chi connectivity index (χ0n) is 13.6. The number of ether oxygens (including phenoxy) is 1. The lowest BCUT2D eigenvalue weighted by Gasteiger charge is -2.10. The highest BCUT2D eigenvalue weighted by Gasteiger charge is 2.15. The summed E-state index contributed by atoms with van der Waals surface area (Å²) in [7, 11) is 5.82. The van der Waals surface area contributed by atoms with Gasteiger partial charge in [0.2, 0.25) is 5.95 Å². The molecule has 1 aromatic carbocycles.